The number of nitrogens with zero attached hydrogens (tertiary/aromatic N) is 2. The average Bonchev–Trinajstić information content (AvgIpc) is 3.38. The molecule has 2 heterocycles. The number of hydrogen-bond donors (Lipinski definition) is 1. The van der Waals surface area contributed by atoms with Crippen molar-refractivity contribution in [3.05, 3.63) is 118 Å². The normalized spacial score (nSPS) is 15.7. The monoisotopic (exact) mass is 488 g/mol. The molecule has 1 amide bonds. The zero-order valence-electron chi connectivity index (χ0n) is 18.4. The first kappa shape index (κ1) is 22.6. The molecular weight excluding hydrogens is 470 g/mol. The van der Waals surface area contributed by atoms with Gasteiger partial charge >= 0.3 is 0 Å². The summed E-state index contributed by atoms with van der Waals surface area (Å²) in [7, 11) is 0. The molecule has 1 atom stereocenters. The molecule has 1 aliphatic rings. The molecule has 0 spiro atoms. The zero-order chi connectivity index (χ0) is 24.7. The highest BCUT2D eigenvalue weighted by atomic mass is 32.1. The molecule has 1 unspecified atom stereocenters. The van der Waals surface area contributed by atoms with Crippen LogP contribution in [0, 0.1) is 18.6 Å². The highest BCUT2D eigenvalue weighted by molar-refractivity contribution is 7.17. The maximum Gasteiger partial charge on any atom is 0.294 e. The molecule has 1 aliphatic heterocycles. The number of amides is 1. The van der Waals surface area contributed by atoms with E-state index >= 15 is 0 Å². The van der Waals surface area contributed by atoms with Crippen LogP contribution in [-0.2, 0) is 4.79 Å². The van der Waals surface area contributed by atoms with Crippen molar-refractivity contribution in [2.75, 3.05) is 4.90 Å². The minimum absolute atomic E-state index is 0.141. The number of benzene rings is 3. The van der Waals surface area contributed by atoms with Crippen molar-refractivity contribution < 1.29 is 23.5 Å². The molecule has 0 radical (unpaired) electrons. The molecule has 35 heavy (non-hydrogen) atoms. The van der Waals surface area contributed by atoms with E-state index in [4.69, 9.17) is 0 Å². The van der Waals surface area contributed by atoms with Crippen molar-refractivity contribution in [3.8, 4) is 10.6 Å². The van der Waals surface area contributed by atoms with Gasteiger partial charge in [0.1, 0.15) is 16.6 Å². The molecule has 0 aliphatic carbocycles. The fraction of sp³-hybridized carbons (Fsp3) is 0.0741. The number of aliphatic hydroxyl groups is 1. The molecule has 0 fully saturated rings. The van der Waals surface area contributed by atoms with E-state index in [1.807, 2.05) is 30.3 Å². The second-order valence-corrected chi connectivity index (χ2v) is 9.00. The molecule has 5 rings (SSSR count). The van der Waals surface area contributed by atoms with E-state index in [0.717, 1.165) is 16.9 Å². The number of ketones is 1. The van der Waals surface area contributed by atoms with Gasteiger partial charge in [0, 0.05) is 11.3 Å². The van der Waals surface area contributed by atoms with Gasteiger partial charge < -0.3 is 5.11 Å². The molecule has 0 saturated heterocycles. The Kier molecular flexibility index (Phi) is 5.74. The van der Waals surface area contributed by atoms with Gasteiger partial charge in [-0.05, 0) is 48.9 Å². The summed E-state index contributed by atoms with van der Waals surface area (Å²) in [6.07, 6.45) is 0. The number of aliphatic hydroxyl groups excluding tert-OH is 1. The van der Waals surface area contributed by atoms with Gasteiger partial charge in [-0.2, -0.15) is 0 Å². The van der Waals surface area contributed by atoms with E-state index in [1.165, 1.54) is 53.4 Å². The lowest BCUT2D eigenvalue weighted by Gasteiger charge is -2.27. The number of aryl methyl sites for hydroxylation is 1. The van der Waals surface area contributed by atoms with Gasteiger partial charge in [0.15, 0.2) is 5.76 Å². The van der Waals surface area contributed by atoms with Gasteiger partial charge in [-0.25, -0.2) is 13.8 Å². The smallest absolute Gasteiger partial charge is 0.294 e. The first-order valence-electron chi connectivity index (χ1n) is 10.7. The van der Waals surface area contributed by atoms with E-state index in [-0.39, 0.29) is 16.1 Å². The summed E-state index contributed by atoms with van der Waals surface area (Å²) in [4.78, 5) is 33.0. The van der Waals surface area contributed by atoms with Crippen LogP contribution in [0.3, 0.4) is 0 Å². The third-order valence-electron chi connectivity index (χ3n) is 5.77. The van der Waals surface area contributed by atoms with Crippen molar-refractivity contribution in [2.45, 2.75) is 13.0 Å². The lowest BCUT2D eigenvalue weighted by molar-refractivity contribution is -0.117. The van der Waals surface area contributed by atoms with Gasteiger partial charge in [0.25, 0.3) is 5.91 Å². The lowest BCUT2D eigenvalue weighted by atomic mass is 9.94. The number of thiazole rings is 1. The number of rotatable bonds is 5. The summed E-state index contributed by atoms with van der Waals surface area (Å²) < 4.78 is 27.2. The van der Waals surface area contributed by atoms with Crippen LogP contribution in [0.15, 0.2) is 90.2 Å². The van der Waals surface area contributed by atoms with Crippen LogP contribution in [0.1, 0.15) is 27.0 Å². The molecule has 5 nitrogen and oxygen atoms in total. The van der Waals surface area contributed by atoms with E-state index in [9.17, 15) is 23.5 Å². The maximum absolute atomic E-state index is 13.8. The second kappa shape index (κ2) is 8.88. The standard InChI is InChI=1S/C27H18F2N2O3S/c1-15-25(35-26(30-15)17-5-3-2-4-6-17)23(32)21-22(16-7-9-18(28)10-8-16)31(27(34)24(21)33)20-13-11-19(29)12-14-20/h2-14,22,33H,1H3. The molecule has 174 valence electrons. The van der Waals surface area contributed by atoms with Crippen LogP contribution in [0.25, 0.3) is 10.6 Å². The topological polar surface area (TPSA) is 70.5 Å². The highest BCUT2D eigenvalue weighted by Crippen LogP contribution is 2.43. The zero-order valence-corrected chi connectivity index (χ0v) is 19.2. The van der Waals surface area contributed by atoms with E-state index in [1.54, 1.807) is 6.92 Å². The van der Waals surface area contributed by atoms with Crippen molar-refractivity contribution in [1.82, 2.24) is 4.98 Å². The summed E-state index contributed by atoms with van der Waals surface area (Å²) in [5.41, 5.74) is 1.86. The molecular formula is C27H18F2N2O3S. The maximum atomic E-state index is 13.8. The SMILES string of the molecule is Cc1nc(-c2ccccc2)sc1C(=O)C1=C(O)C(=O)N(c2ccc(F)cc2)C1c1ccc(F)cc1. The van der Waals surface area contributed by atoms with Crippen molar-refractivity contribution in [3.63, 3.8) is 0 Å². The third kappa shape index (κ3) is 4.02. The Morgan fingerprint density at radius 3 is 2.17 bits per heavy atom. The molecule has 3 aromatic carbocycles. The Bertz CT molecular complexity index is 1460. The number of Topliss-reactive ketones (excluding diaryl/α,β-unsaturated/α-hetero) is 1. The molecule has 0 bridgehead atoms. The van der Waals surface area contributed by atoms with E-state index < -0.39 is 35.1 Å². The minimum Gasteiger partial charge on any atom is -0.503 e. The van der Waals surface area contributed by atoms with Crippen LogP contribution in [-0.4, -0.2) is 21.8 Å². The fourth-order valence-corrected chi connectivity index (χ4v) is 5.13. The Morgan fingerprint density at radius 1 is 0.943 bits per heavy atom. The molecule has 0 saturated carbocycles. The van der Waals surface area contributed by atoms with Crippen molar-refractivity contribution >= 4 is 28.7 Å². The van der Waals surface area contributed by atoms with Gasteiger partial charge in [0.05, 0.1) is 22.2 Å². The second-order valence-electron chi connectivity index (χ2n) is 8.00. The van der Waals surface area contributed by atoms with Gasteiger partial charge in [-0.15, -0.1) is 11.3 Å². The Hall–Kier alpha value is -4.17. The predicted octanol–water partition coefficient (Wildman–Crippen LogP) is 6.18. The predicted molar refractivity (Wildman–Crippen MR) is 129 cm³/mol. The number of carbonyl (C=O) groups is 2. The molecule has 8 heteroatoms. The molecule has 1 N–H and O–H groups in total. The average molecular weight is 489 g/mol. The summed E-state index contributed by atoms with van der Waals surface area (Å²) in [5.74, 6) is -3.05. The highest BCUT2D eigenvalue weighted by Gasteiger charge is 2.45. The molecule has 1 aromatic heterocycles. The lowest BCUT2D eigenvalue weighted by Crippen LogP contribution is -2.31. The first-order valence-corrected chi connectivity index (χ1v) is 11.5. The summed E-state index contributed by atoms with van der Waals surface area (Å²) >= 11 is 1.16. The van der Waals surface area contributed by atoms with Crippen LogP contribution in [0.5, 0.6) is 0 Å². The van der Waals surface area contributed by atoms with Gasteiger partial charge in [-0.1, -0.05) is 42.5 Å². The Labute approximate surface area is 203 Å². The van der Waals surface area contributed by atoms with Gasteiger partial charge in [0.2, 0.25) is 5.78 Å². The summed E-state index contributed by atoms with van der Waals surface area (Å²) in [6.45, 7) is 1.69. The largest absolute Gasteiger partial charge is 0.503 e. The van der Waals surface area contributed by atoms with Gasteiger partial charge in [-0.3, -0.25) is 14.5 Å². The number of halogens is 2. The van der Waals surface area contributed by atoms with Crippen LogP contribution in [0.4, 0.5) is 14.5 Å². The number of anilines is 1. The fourth-order valence-electron chi connectivity index (χ4n) is 4.10. The third-order valence-corrected chi connectivity index (χ3v) is 6.97. The minimum atomic E-state index is -1.04. The Morgan fingerprint density at radius 2 is 1.54 bits per heavy atom. The number of carbonyl (C=O) groups excluding carboxylic acids is 2. The summed E-state index contributed by atoms with van der Waals surface area (Å²) in [6, 6.07) is 18.8. The van der Waals surface area contributed by atoms with Crippen molar-refractivity contribution in [1.29, 1.82) is 0 Å². The Balaban J connectivity index is 1.63. The van der Waals surface area contributed by atoms with Crippen molar-refractivity contribution in [2.24, 2.45) is 0 Å². The van der Waals surface area contributed by atoms with E-state index in [2.05, 4.69) is 4.98 Å². The van der Waals surface area contributed by atoms with Crippen LogP contribution < -0.4 is 4.90 Å². The number of hydrogen-bond acceptors (Lipinski definition) is 5. The summed E-state index contributed by atoms with van der Waals surface area (Å²) in [5, 5.41) is 11.5. The molecule has 4 aromatic rings. The quantitative estimate of drug-likeness (QED) is 0.341. The van der Waals surface area contributed by atoms with Crippen LogP contribution >= 0.6 is 11.3 Å². The number of aromatic nitrogens is 1. The van der Waals surface area contributed by atoms with E-state index in [0.29, 0.717) is 16.3 Å². The van der Waals surface area contributed by atoms with Crippen LogP contribution in [0.2, 0.25) is 0 Å². The first-order chi connectivity index (χ1) is 16.8.